The Morgan fingerprint density at radius 2 is 2.00 bits per heavy atom. The van der Waals surface area contributed by atoms with Gasteiger partial charge in [0, 0.05) is 20.7 Å². The van der Waals surface area contributed by atoms with Gasteiger partial charge in [-0.1, -0.05) is 12.1 Å². The molecule has 1 aromatic carbocycles. The number of likely N-dealkylation sites (N-methyl/N-ethyl adjacent to an activating group) is 1. The third kappa shape index (κ3) is 2.06. The number of nitrogens with zero attached hydrogens (tertiary/aromatic N) is 1. The van der Waals surface area contributed by atoms with Gasteiger partial charge < -0.3 is 20.1 Å². The minimum Gasteiger partial charge on any atom is -0.495 e. The van der Waals surface area contributed by atoms with Crippen molar-refractivity contribution in [3.05, 3.63) is 24.3 Å². The van der Waals surface area contributed by atoms with Crippen LogP contribution in [-0.2, 0) is 4.74 Å². The Bertz CT molecular complexity index is 403. The van der Waals surface area contributed by atoms with Crippen molar-refractivity contribution in [3.63, 3.8) is 0 Å². The molecule has 100 valence electrons. The lowest BCUT2D eigenvalue weighted by Gasteiger charge is -2.53. The van der Waals surface area contributed by atoms with Crippen LogP contribution in [-0.4, -0.2) is 39.5 Å². The van der Waals surface area contributed by atoms with Crippen LogP contribution in [0.15, 0.2) is 24.3 Å². The summed E-state index contributed by atoms with van der Waals surface area (Å²) in [5.41, 5.74) is 7.06. The van der Waals surface area contributed by atoms with E-state index in [4.69, 9.17) is 15.2 Å². The van der Waals surface area contributed by atoms with Crippen LogP contribution in [0.5, 0.6) is 5.75 Å². The van der Waals surface area contributed by atoms with Gasteiger partial charge in [0.15, 0.2) is 0 Å². The molecule has 0 unspecified atom stereocenters. The van der Waals surface area contributed by atoms with E-state index >= 15 is 0 Å². The molecule has 2 N–H and O–H groups in total. The molecular weight excluding hydrogens is 228 g/mol. The second-order valence-electron chi connectivity index (χ2n) is 4.93. The third-order valence-electron chi connectivity index (χ3n) is 4.09. The Labute approximate surface area is 109 Å². The molecule has 1 fully saturated rings. The Hall–Kier alpha value is -1.26. The van der Waals surface area contributed by atoms with Crippen LogP contribution < -0.4 is 15.4 Å². The van der Waals surface area contributed by atoms with Gasteiger partial charge in [0.1, 0.15) is 5.75 Å². The zero-order valence-electron chi connectivity index (χ0n) is 11.3. The standard InChI is InChI=1S/C14H22N2O2/c1-16(12-6-4-5-7-13(12)18-3)14(10-15)8-11(9-14)17-2/h4-7,11H,8-10,15H2,1-3H3. The summed E-state index contributed by atoms with van der Waals surface area (Å²) in [4.78, 5) is 2.24. The van der Waals surface area contributed by atoms with Crippen molar-refractivity contribution in [2.45, 2.75) is 24.5 Å². The average Bonchev–Trinajstić information content (AvgIpc) is 2.38. The van der Waals surface area contributed by atoms with Gasteiger partial charge in [-0.25, -0.2) is 0 Å². The molecule has 0 saturated heterocycles. The Morgan fingerprint density at radius 1 is 1.33 bits per heavy atom. The fourth-order valence-electron chi connectivity index (χ4n) is 2.69. The lowest BCUT2D eigenvalue weighted by molar-refractivity contribution is -0.0124. The molecule has 0 bridgehead atoms. The van der Waals surface area contributed by atoms with Gasteiger partial charge in [-0.15, -0.1) is 0 Å². The van der Waals surface area contributed by atoms with Gasteiger partial charge in [0.25, 0.3) is 0 Å². The number of benzene rings is 1. The van der Waals surface area contributed by atoms with Gasteiger partial charge in [0.2, 0.25) is 0 Å². The zero-order chi connectivity index (χ0) is 13.2. The van der Waals surface area contributed by atoms with Crippen molar-refractivity contribution in [3.8, 4) is 5.75 Å². The van der Waals surface area contributed by atoms with E-state index in [9.17, 15) is 0 Å². The normalized spacial score (nSPS) is 26.6. The second-order valence-corrected chi connectivity index (χ2v) is 4.93. The highest BCUT2D eigenvalue weighted by molar-refractivity contribution is 5.60. The maximum atomic E-state index is 5.98. The van der Waals surface area contributed by atoms with Gasteiger partial charge in [0.05, 0.1) is 24.4 Å². The van der Waals surface area contributed by atoms with Crippen molar-refractivity contribution in [2.75, 3.05) is 32.7 Å². The highest BCUT2D eigenvalue weighted by atomic mass is 16.5. The molecule has 0 aliphatic heterocycles. The van der Waals surface area contributed by atoms with Crippen LogP contribution in [0.1, 0.15) is 12.8 Å². The third-order valence-corrected chi connectivity index (χ3v) is 4.09. The molecule has 0 heterocycles. The van der Waals surface area contributed by atoms with Crippen molar-refractivity contribution >= 4 is 5.69 Å². The van der Waals surface area contributed by atoms with E-state index in [1.807, 2.05) is 18.2 Å². The van der Waals surface area contributed by atoms with Crippen LogP contribution in [0.4, 0.5) is 5.69 Å². The van der Waals surface area contributed by atoms with Gasteiger partial charge in [-0.3, -0.25) is 0 Å². The molecule has 0 radical (unpaired) electrons. The molecule has 4 nitrogen and oxygen atoms in total. The van der Waals surface area contributed by atoms with Crippen LogP contribution in [0, 0.1) is 0 Å². The summed E-state index contributed by atoms with van der Waals surface area (Å²) < 4.78 is 10.8. The molecule has 1 aliphatic rings. The van der Waals surface area contributed by atoms with E-state index in [0.29, 0.717) is 12.6 Å². The molecule has 0 atom stereocenters. The Balaban J connectivity index is 2.22. The second kappa shape index (κ2) is 5.16. The van der Waals surface area contributed by atoms with Crippen molar-refractivity contribution in [1.29, 1.82) is 0 Å². The molecule has 4 heteroatoms. The van der Waals surface area contributed by atoms with Gasteiger partial charge in [-0.2, -0.15) is 0 Å². The molecule has 1 saturated carbocycles. The number of anilines is 1. The van der Waals surface area contributed by atoms with Gasteiger partial charge in [-0.05, 0) is 25.0 Å². The molecule has 1 aliphatic carbocycles. The fourth-order valence-corrected chi connectivity index (χ4v) is 2.69. The van der Waals surface area contributed by atoms with Crippen LogP contribution in [0.3, 0.4) is 0 Å². The predicted molar refractivity (Wildman–Crippen MR) is 73.2 cm³/mol. The molecule has 1 aromatic rings. The summed E-state index contributed by atoms with van der Waals surface area (Å²) in [6.07, 6.45) is 2.26. The number of rotatable bonds is 5. The number of para-hydroxylation sites is 2. The first kappa shape index (κ1) is 13.2. The zero-order valence-corrected chi connectivity index (χ0v) is 11.3. The highest BCUT2D eigenvalue weighted by Gasteiger charge is 2.47. The fraction of sp³-hybridized carbons (Fsp3) is 0.571. The monoisotopic (exact) mass is 250 g/mol. The molecule has 0 aromatic heterocycles. The van der Waals surface area contributed by atoms with Crippen LogP contribution in [0.2, 0.25) is 0 Å². The number of nitrogens with two attached hydrogens (primary N) is 1. The van der Waals surface area contributed by atoms with E-state index in [1.54, 1.807) is 14.2 Å². The van der Waals surface area contributed by atoms with Crippen molar-refractivity contribution in [1.82, 2.24) is 0 Å². The number of methoxy groups -OCH3 is 2. The quantitative estimate of drug-likeness (QED) is 0.863. The summed E-state index contributed by atoms with van der Waals surface area (Å²) in [5, 5.41) is 0. The lowest BCUT2D eigenvalue weighted by Crippen LogP contribution is -2.63. The maximum absolute atomic E-state index is 5.98. The topological polar surface area (TPSA) is 47.7 Å². The van der Waals surface area contributed by atoms with Gasteiger partial charge >= 0.3 is 0 Å². The maximum Gasteiger partial charge on any atom is 0.142 e. The van der Waals surface area contributed by atoms with E-state index in [0.717, 1.165) is 24.3 Å². The summed E-state index contributed by atoms with van der Waals surface area (Å²) in [6.45, 7) is 0.626. The minimum absolute atomic E-state index is 0.00465. The molecule has 0 amide bonds. The summed E-state index contributed by atoms with van der Waals surface area (Å²) in [7, 11) is 5.53. The first-order valence-electron chi connectivity index (χ1n) is 6.26. The summed E-state index contributed by atoms with van der Waals surface area (Å²) in [6, 6.07) is 8.04. The summed E-state index contributed by atoms with van der Waals surface area (Å²) in [5.74, 6) is 0.883. The minimum atomic E-state index is -0.00465. The van der Waals surface area contributed by atoms with E-state index in [2.05, 4.69) is 18.0 Å². The number of hydrogen-bond acceptors (Lipinski definition) is 4. The highest BCUT2D eigenvalue weighted by Crippen LogP contribution is 2.42. The van der Waals surface area contributed by atoms with E-state index in [-0.39, 0.29) is 5.54 Å². The molecule has 18 heavy (non-hydrogen) atoms. The van der Waals surface area contributed by atoms with Crippen molar-refractivity contribution in [2.24, 2.45) is 5.73 Å². The largest absolute Gasteiger partial charge is 0.495 e. The van der Waals surface area contributed by atoms with E-state index in [1.165, 1.54) is 0 Å². The number of hydrogen-bond donors (Lipinski definition) is 1. The lowest BCUT2D eigenvalue weighted by atomic mass is 9.72. The Kier molecular flexibility index (Phi) is 3.78. The Morgan fingerprint density at radius 3 is 2.56 bits per heavy atom. The number of ether oxygens (including phenoxy) is 2. The molecule has 0 spiro atoms. The van der Waals surface area contributed by atoms with E-state index < -0.39 is 0 Å². The van der Waals surface area contributed by atoms with Crippen LogP contribution in [0.25, 0.3) is 0 Å². The molecule has 2 rings (SSSR count). The summed E-state index contributed by atoms with van der Waals surface area (Å²) >= 11 is 0. The SMILES string of the molecule is COc1ccccc1N(C)C1(CN)CC(OC)C1. The average molecular weight is 250 g/mol. The van der Waals surface area contributed by atoms with Crippen LogP contribution >= 0.6 is 0 Å². The smallest absolute Gasteiger partial charge is 0.142 e. The van der Waals surface area contributed by atoms with Crippen molar-refractivity contribution < 1.29 is 9.47 Å². The first-order chi connectivity index (χ1) is 8.66. The molecular formula is C14H22N2O2. The predicted octanol–water partition coefficient (Wildman–Crippen LogP) is 1.64. The first-order valence-corrected chi connectivity index (χ1v) is 6.26.